The molecule has 7 nitrogen and oxygen atoms in total. The van der Waals surface area contributed by atoms with Gasteiger partial charge < -0.3 is 9.32 Å². The van der Waals surface area contributed by atoms with Crippen molar-refractivity contribution in [1.82, 2.24) is 14.3 Å². The molecule has 0 amide bonds. The summed E-state index contributed by atoms with van der Waals surface area (Å²) in [5, 5.41) is 0.810. The number of hydrogen-bond acceptors (Lipinski definition) is 6. The first kappa shape index (κ1) is 18.9. The fourth-order valence-electron chi connectivity index (χ4n) is 3.57. The largest absolute Gasteiger partial charge is 0.446 e. The van der Waals surface area contributed by atoms with Gasteiger partial charge in [0, 0.05) is 38.9 Å². The Hall–Kier alpha value is -2.45. The van der Waals surface area contributed by atoms with Crippen molar-refractivity contribution < 1.29 is 12.8 Å². The Morgan fingerprint density at radius 3 is 2.82 bits per heavy atom. The van der Waals surface area contributed by atoms with Crippen LogP contribution in [0, 0.1) is 6.92 Å². The molecule has 1 aliphatic rings. The number of nitrogens with zero attached hydrogens (tertiary/aromatic N) is 4. The molecule has 0 bridgehead atoms. The maximum absolute atomic E-state index is 13.1. The zero-order valence-corrected chi connectivity index (χ0v) is 17.2. The van der Waals surface area contributed by atoms with Crippen molar-refractivity contribution in [3.8, 4) is 0 Å². The number of oxazole rings is 1. The zero-order chi connectivity index (χ0) is 19.9. The number of aryl methyl sites for hydroxylation is 1. The van der Waals surface area contributed by atoms with Crippen molar-refractivity contribution in [2.45, 2.75) is 38.1 Å². The van der Waals surface area contributed by atoms with Crippen LogP contribution in [0.4, 0.5) is 5.82 Å². The number of hydrogen-bond donors (Lipinski definition) is 0. The van der Waals surface area contributed by atoms with Gasteiger partial charge in [-0.05, 0) is 36.8 Å². The molecule has 1 aromatic carbocycles. The summed E-state index contributed by atoms with van der Waals surface area (Å²) in [4.78, 5) is 11.3. The first-order valence-corrected chi connectivity index (χ1v) is 10.9. The molecule has 4 rings (SSSR count). The minimum Gasteiger partial charge on any atom is -0.446 e. The summed E-state index contributed by atoms with van der Waals surface area (Å²) in [6.07, 6.45) is 1.58. The minimum atomic E-state index is -3.61. The summed E-state index contributed by atoms with van der Waals surface area (Å²) in [5.74, 6) is 2.25. The highest BCUT2D eigenvalue weighted by Gasteiger charge is 2.31. The molecular weight excluding hydrogens is 376 g/mol. The molecule has 28 heavy (non-hydrogen) atoms. The van der Waals surface area contributed by atoms with Crippen molar-refractivity contribution in [3.05, 3.63) is 47.7 Å². The van der Waals surface area contributed by atoms with Gasteiger partial charge in [-0.25, -0.2) is 18.4 Å². The maximum atomic E-state index is 13.1. The Kier molecular flexibility index (Phi) is 4.84. The second-order valence-electron chi connectivity index (χ2n) is 7.14. The number of anilines is 1. The van der Waals surface area contributed by atoms with E-state index in [4.69, 9.17) is 4.42 Å². The van der Waals surface area contributed by atoms with E-state index in [9.17, 15) is 8.42 Å². The molecule has 0 atom stereocenters. The first-order chi connectivity index (χ1) is 13.4. The second kappa shape index (κ2) is 7.18. The van der Waals surface area contributed by atoms with Gasteiger partial charge in [-0.3, -0.25) is 0 Å². The van der Waals surface area contributed by atoms with Crippen LogP contribution in [0.5, 0.6) is 0 Å². The zero-order valence-electron chi connectivity index (χ0n) is 16.3. The summed E-state index contributed by atoms with van der Waals surface area (Å²) in [6.45, 7) is 5.45. The van der Waals surface area contributed by atoms with Gasteiger partial charge in [0.05, 0.1) is 22.7 Å². The fourth-order valence-corrected chi connectivity index (χ4v) is 5.01. The predicted molar refractivity (Wildman–Crippen MR) is 108 cm³/mol. The van der Waals surface area contributed by atoms with Crippen molar-refractivity contribution in [1.29, 1.82) is 0 Å². The summed E-state index contributed by atoms with van der Waals surface area (Å²) in [5.41, 5.74) is 1.49. The molecule has 0 fully saturated rings. The van der Waals surface area contributed by atoms with Crippen LogP contribution < -0.4 is 4.90 Å². The fraction of sp³-hybridized carbons (Fsp3) is 0.400. The Balaban J connectivity index is 1.63. The number of sulfonamides is 1. The lowest BCUT2D eigenvalue weighted by molar-refractivity contribution is 0.358. The van der Waals surface area contributed by atoms with Crippen LogP contribution in [-0.4, -0.2) is 42.8 Å². The number of pyridine rings is 1. The molecule has 0 radical (unpaired) electrons. The highest BCUT2D eigenvalue weighted by atomic mass is 32.2. The van der Waals surface area contributed by atoms with Gasteiger partial charge in [-0.15, -0.1) is 0 Å². The second-order valence-corrected chi connectivity index (χ2v) is 9.07. The molecular formula is C20H24N4O3S. The first-order valence-electron chi connectivity index (χ1n) is 9.46. The van der Waals surface area contributed by atoms with Crippen LogP contribution >= 0.6 is 0 Å². The quantitative estimate of drug-likeness (QED) is 0.655. The van der Waals surface area contributed by atoms with E-state index >= 15 is 0 Å². The third-order valence-corrected chi connectivity index (χ3v) is 6.87. The Labute approximate surface area is 165 Å². The number of aromatic nitrogens is 2. The maximum Gasteiger partial charge on any atom is 0.243 e. The van der Waals surface area contributed by atoms with E-state index in [0.29, 0.717) is 24.6 Å². The molecule has 8 heteroatoms. The lowest BCUT2D eigenvalue weighted by atomic mass is 10.2. The molecule has 0 saturated carbocycles. The van der Waals surface area contributed by atoms with E-state index in [1.807, 2.05) is 19.2 Å². The van der Waals surface area contributed by atoms with Gasteiger partial charge >= 0.3 is 0 Å². The summed E-state index contributed by atoms with van der Waals surface area (Å²) >= 11 is 0. The van der Waals surface area contributed by atoms with Gasteiger partial charge in [0.2, 0.25) is 10.0 Å². The SMILES string of the molecule is CCCN(C)c1ccc2cc(S(=O)(=O)N3CCc4oc(C)nc4C3)ccc2n1. The Bertz CT molecular complexity index is 1120. The molecule has 148 valence electrons. The molecule has 3 heterocycles. The molecule has 0 aliphatic carbocycles. The third-order valence-electron chi connectivity index (χ3n) is 5.03. The molecule has 2 aromatic heterocycles. The van der Waals surface area contributed by atoms with E-state index in [1.54, 1.807) is 25.1 Å². The smallest absolute Gasteiger partial charge is 0.243 e. The molecule has 0 spiro atoms. The van der Waals surface area contributed by atoms with E-state index in [1.165, 1.54) is 4.31 Å². The van der Waals surface area contributed by atoms with Crippen molar-refractivity contribution in [3.63, 3.8) is 0 Å². The van der Waals surface area contributed by atoms with Gasteiger partial charge in [0.25, 0.3) is 0 Å². The van der Waals surface area contributed by atoms with Gasteiger partial charge in [-0.2, -0.15) is 4.31 Å². The summed E-state index contributed by atoms with van der Waals surface area (Å²) in [6, 6.07) is 8.97. The third kappa shape index (κ3) is 3.38. The molecule has 1 aliphatic heterocycles. The highest BCUT2D eigenvalue weighted by molar-refractivity contribution is 7.89. The van der Waals surface area contributed by atoms with Crippen LogP contribution in [0.15, 0.2) is 39.6 Å². The summed E-state index contributed by atoms with van der Waals surface area (Å²) in [7, 11) is -1.60. The number of fused-ring (bicyclic) bond motifs is 2. The molecule has 0 unspecified atom stereocenters. The van der Waals surface area contributed by atoms with E-state index in [2.05, 4.69) is 21.8 Å². The minimum absolute atomic E-state index is 0.242. The average Bonchev–Trinajstić information content (AvgIpc) is 3.06. The standard InChI is InChI=1S/C20H24N4O3S/c1-4-10-23(3)20-8-5-15-12-16(6-7-17(15)22-20)28(25,26)24-11-9-19-18(13-24)21-14(2)27-19/h5-8,12H,4,9-11,13H2,1-3H3. The lowest BCUT2D eigenvalue weighted by Crippen LogP contribution is -2.35. The topological polar surface area (TPSA) is 79.5 Å². The highest BCUT2D eigenvalue weighted by Crippen LogP contribution is 2.27. The van der Waals surface area contributed by atoms with Crippen molar-refractivity contribution in [2.24, 2.45) is 0 Å². The summed E-state index contributed by atoms with van der Waals surface area (Å²) < 4.78 is 33.3. The monoisotopic (exact) mass is 400 g/mol. The van der Waals surface area contributed by atoms with Crippen molar-refractivity contribution in [2.75, 3.05) is 25.0 Å². The Morgan fingerprint density at radius 1 is 1.21 bits per heavy atom. The van der Waals surface area contributed by atoms with Gasteiger partial charge in [0.15, 0.2) is 5.89 Å². The number of rotatable bonds is 5. The lowest BCUT2D eigenvalue weighted by Gasteiger charge is -2.24. The van der Waals surface area contributed by atoms with E-state index < -0.39 is 10.0 Å². The molecule has 3 aromatic rings. The van der Waals surface area contributed by atoms with Crippen molar-refractivity contribution >= 4 is 26.7 Å². The molecule has 0 saturated heterocycles. The van der Waals surface area contributed by atoms with Crippen LogP contribution in [0.2, 0.25) is 0 Å². The van der Waals surface area contributed by atoms with Crippen LogP contribution in [-0.2, 0) is 23.0 Å². The number of benzene rings is 1. The van der Waals surface area contributed by atoms with E-state index in [-0.39, 0.29) is 11.4 Å². The Morgan fingerprint density at radius 2 is 2.04 bits per heavy atom. The van der Waals surface area contributed by atoms with Gasteiger partial charge in [0.1, 0.15) is 11.6 Å². The van der Waals surface area contributed by atoms with E-state index in [0.717, 1.165) is 35.4 Å². The van der Waals surface area contributed by atoms with Gasteiger partial charge in [-0.1, -0.05) is 6.92 Å². The normalized spacial score (nSPS) is 15.0. The predicted octanol–water partition coefficient (Wildman–Crippen LogP) is 3.12. The van der Waals surface area contributed by atoms with Crippen LogP contribution in [0.1, 0.15) is 30.7 Å². The van der Waals surface area contributed by atoms with Crippen LogP contribution in [0.25, 0.3) is 10.9 Å². The van der Waals surface area contributed by atoms with Crippen LogP contribution in [0.3, 0.4) is 0 Å². The molecule has 0 N–H and O–H groups in total. The average molecular weight is 401 g/mol.